The molecule has 1 amide bonds. The van der Waals surface area contributed by atoms with E-state index in [1.165, 1.54) is 6.20 Å². The lowest BCUT2D eigenvalue weighted by Crippen LogP contribution is -2.14. The van der Waals surface area contributed by atoms with Gasteiger partial charge in [0.15, 0.2) is 0 Å². The van der Waals surface area contributed by atoms with Crippen molar-refractivity contribution in [3.05, 3.63) is 90.6 Å². The van der Waals surface area contributed by atoms with Crippen molar-refractivity contribution in [3.8, 4) is 11.1 Å². The highest BCUT2D eigenvalue weighted by atomic mass is 16.1. The third-order valence-corrected chi connectivity index (χ3v) is 4.28. The van der Waals surface area contributed by atoms with E-state index in [0.717, 1.165) is 27.7 Å². The van der Waals surface area contributed by atoms with Gasteiger partial charge in [-0.15, -0.1) is 0 Å². The van der Waals surface area contributed by atoms with E-state index in [0.29, 0.717) is 11.3 Å². The molecule has 0 atom stereocenters. The summed E-state index contributed by atoms with van der Waals surface area (Å²) in [6.07, 6.45) is 1.53. The second-order valence-electron chi connectivity index (χ2n) is 6.00. The number of rotatable bonds is 4. The summed E-state index contributed by atoms with van der Waals surface area (Å²) in [6.45, 7) is 0. The van der Waals surface area contributed by atoms with Crippen LogP contribution in [0, 0.1) is 0 Å². The Morgan fingerprint density at radius 3 is 2.23 bits per heavy atom. The Morgan fingerprint density at radius 2 is 1.54 bits per heavy atom. The maximum Gasteiger partial charge on any atom is 0.252 e. The summed E-state index contributed by atoms with van der Waals surface area (Å²) in [5.74, 6) is -0.509. The van der Waals surface area contributed by atoms with Gasteiger partial charge in [-0.2, -0.15) is 0 Å². The zero-order valence-electron chi connectivity index (χ0n) is 14.0. The van der Waals surface area contributed by atoms with Crippen LogP contribution >= 0.6 is 0 Å². The number of hydrogen-bond donors (Lipinski definition) is 2. The first-order valence-corrected chi connectivity index (χ1v) is 8.32. The fraction of sp³-hybridized carbons (Fsp3) is 0. The number of carbonyl (C=O) groups is 1. The van der Waals surface area contributed by atoms with E-state index in [1.54, 1.807) is 0 Å². The second kappa shape index (κ2) is 6.69. The van der Waals surface area contributed by atoms with E-state index in [2.05, 4.69) is 22.4 Å². The number of aromatic nitrogens is 1. The average Bonchev–Trinajstić information content (AvgIpc) is 2.69. The zero-order chi connectivity index (χ0) is 17.9. The molecule has 126 valence electrons. The van der Waals surface area contributed by atoms with E-state index in [1.807, 2.05) is 66.7 Å². The standard InChI is InChI=1S/C22H17N3O/c23-22(26)19-14-24-20-13-16(15-7-3-1-4-8-15)11-12-18(20)21(19)25-17-9-5-2-6-10-17/h1-14H,(H2,23,26)(H,24,25). The molecule has 4 nitrogen and oxygen atoms in total. The van der Waals surface area contributed by atoms with Crippen LogP contribution in [0.4, 0.5) is 11.4 Å². The molecular formula is C22H17N3O. The summed E-state index contributed by atoms with van der Waals surface area (Å²) in [5, 5.41) is 4.17. The number of anilines is 2. The third-order valence-electron chi connectivity index (χ3n) is 4.28. The first-order valence-electron chi connectivity index (χ1n) is 8.32. The van der Waals surface area contributed by atoms with Crippen LogP contribution in [0.1, 0.15) is 10.4 Å². The van der Waals surface area contributed by atoms with E-state index in [4.69, 9.17) is 5.73 Å². The topological polar surface area (TPSA) is 68.0 Å². The Labute approximate surface area is 151 Å². The van der Waals surface area contributed by atoms with Crippen LogP contribution in [-0.2, 0) is 0 Å². The molecule has 0 radical (unpaired) electrons. The fourth-order valence-electron chi connectivity index (χ4n) is 2.99. The number of primary amides is 1. The van der Waals surface area contributed by atoms with Crippen LogP contribution in [0.5, 0.6) is 0 Å². The highest BCUT2D eigenvalue weighted by Crippen LogP contribution is 2.31. The molecule has 0 unspecified atom stereocenters. The van der Waals surface area contributed by atoms with Gasteiger partial charge in [-0.3, -0.25) is 9.78 Å². The molecule has 4 heteroatoms. The highest BCUT2D eigenvalue weighted by Gasteiger charge is 2.14. The van der Waals surface area contributed by atoms with Crippen molar-refractivity contribution >= 4 is 28.2 Å². The lowest BCUT2D eigenvalue weighted by atomic mass is 10.0. The predicted octanol–water partition coefficient (Wildman–Crippen LogP) is 4.74. The summed E-state index contributed by atoms with van der Waals surface area (Å²) < 4.78 is 0. The highest BCUT2D eigenvalue weighted by molar-refractivity contribution is 6.08. The number of amides is 1. The first-order chi connectivity index (χ1) is 12.7. The maximum atomic E-state index is 11.9. The second-order valence-corrected chi connectivity index (χ2v) is 6.00. The van der Waals surface area contributed by atoms with Crippen molar-refractivity contribution in [1.29, 1.82) is 0 Å². The number of pyridine rings is 1. The van der Waals surface area contributed by atoms with Gasteiger partial charge in [-0.25, -0.2) is 0 Å². The number of nitrogens with two attached hydrogens (primary N) is 1. The lowest BCUT2D eigenvalue weighted by Gasteiger charge is -2.14. The van der Waals surface area contributed by atoms with Crippen molar-refractivity contribution in [1.82, 2.24) is 4.98 Å². The van der Waals surface area contributed by atoms with Crippen molar-refractivity contribution in [3.63, 3.8) is 0 Å². The van der Waals surface area contributed by atoms with Gasteiger partial charge < -0.3 is 11.1 Å². The molecule has 0 fully saturated rings. The van der Waals surface area contributed by atoms with Crippen molar-refractivity contribution < 1.29 is 4.79 Å². The molecule has 0 aliphatic heterocycles. The van der Waals surface area contributed by atoms with Crippen LogP contribution < -0.4 is 11.1 Å². The molecule has 1 aromatic heterocycles. The summed E-state index contributed by atoms with van der Waals surface area (Å²) >= 11 is 0. The molecule has 4 rings (SSSR count). The summed E-state index contributed by atoms with van der Waals surface area (Å²) in [7, 11) is 0. The van der Waals surface area contributed by atoms with Gasteiger partial charge in [0.25, 0.3) is 5.91 Å². The van der Waals surface area contributed by atoms with E-state index in [9.17, 15) is 4.79 Å². The molecule has 0 bridgehead atoms. The number of para-hydroxylation sites is 1. The molecule has 0 aliphatic rings. The lowest BCUT2D eigenvalue weighted by molar-refractivity contribution is 0.100. The van der Waals surface area contributed by atoms with Crippen molar-refractivity contribution in [2.24, 2.45) is 5.73 Å². The van der Waals surface area contributed by atoms with Gasteiger partial charge in [0.05, 0.1) is 16.8 Å². The SMILES string of the molecule is NC(=O)c1cnc2cc(-c3ccccc3)ccc2c1Nc1ccccc1. The van der Waals surface area contributed by atoms with Gasteiger partial charge in [-0.05, 0) is 29.3 Å². The molecular weight excluding hydrogens is 322 g/mol. The number of fused-ring (bicyclic) bond motifs is 1. The fourth-order valence-corrected chi connectivity index (χ4v) is 2.99. The Balaban J connectivity index is 1.87. The van der Waals surface area contributed by atoms with Gasteiger partial charge in [0.1, 0.15) is 0 Å². The van der Waals surface area contributed by atoms with Crippen molar-refractivity contribution in [2.75, 3.05) is 5.32 Å². The third kappa shape index (κ3) is 3.00. The maximum absolute atomic E-state index is 11.9. The summed E-state index contributed by atoms with van der Waals surface area (Å²) in [4.78, 5) is 16.3. The zero-order valence-corrected chi connectivity index (χ0v) is 14.0. The number of nitrogens with one attached hydrogen (secondary N) is 1. The van der Waals surface area contributed by atoms with E-state index in [-0.39, 0.29) is 0 Å². The molecule has 0 aliphatic carbocycles. The van der Waals surface area contributed by atoms with Crippen LogP contribution in [0.3, 0.4) is 0 Å². The van der Waals surface area contributed by atoms with Crippen LogP contribution in [0.15, 0.2) is 85.1 Å². The molecule has 26 heavy (non-hydrogen) atoms. The smallest absolute Gasteiger partial charge is 0.252 e. The first kappa shape index (κ1) is 15.8. The molecule has 0 spiro atoms. The number of benzene rings is 3. The van der Waals surface area contributed by atoms with Gasteiger partial charge in [-0.1, -0.05) is 60.7 Å². The molecule has 3 N–H and O–H groups in total. The normalized spacial score (nSPS) is 10.6. The van der Waals surface area contributed by atoms with Gasteiger partial charge >= 0.3 is 0 Å². The van der Waals surface area contributed by atoms with E-state index < -0.39 is 5.91 Å². The minimum Gasteiger partial charge on any atom is -0.365 e. The average molecular weight is 339 g/mol. The van der Waals surface area contributed by atoms with Crippen LogP contribution in [0.2, 0.25) is 0 Å². The molecule has 1 heterocycles. The molecule has 3 aromatic carbocycles. The Hall–Kier alpha value is -3.66. The number of hydrogen-bond acceptors (Lipinski definition) is 3. The molecule has 0 saturated heterocycles. The quantitative estimate of drug-likeness (QED) is 0.564. The molecule has 0 saturated carbocycles. The number of nitrogens with zero attached hydrogens (tertiary/aromatic N) is 1. The molecule has 4 aromatic rings. The largest absolute Gasteiger partial charge is 0.365 e. The van der Waals surface area contributed by atoms with Crippen LogP contribution in [-0.4, -0.2) is 10.9 Å². The summed E-state index contributed by atoms with van der Waals surface area (Å²) in [5.41, 5.74) is 10.5. The predicted molar refractivity (Wildman–Crippen MR) is 105 cm³/mol. The minimum atomic E-state index is -0.509. The van der Waals surface area contributed by atoms with Crippen LogP contribution in [0.25, 0.3) is 22.0 Å². The van der Waals surface area contributed by atoms with E-state index >= 15 is 0 Å². The van der Waals surface area contributed by atoms with Crippen molar-refractivity contribution in [2.45, 2.75) is 0 Å². The van der Waals surface area contributed by atoms with Gasteiger partial charge in [0.2, 0.25) is 0 Å². The summed E-state index contributed by atoms with van der Waals surface area (Å²) in [6, 6.07) is 25.8. The monoisotopic (exact) mass is 339 g/mol. The Kier molecular flexibility index (Phi) is 4.07. The van der Waals surface area contributed by atoms with Gasteiger partial charge in [0, 0.05) is 17.3 Å². The number of carbonyl (C=O) groups excluding carboxylic acids is 1. The Morgan fingerprint density at radius 1 is 0.846 bits per heavy atom. The Bertz CT molecular complexity index is 1080. The minimum absolute atomic E-state index is 0.369.